The van der Waals surface area contributed by atoms with E-state index in [1.807, 2.05) is 58.1 Å². The lowest BCUT2D eigenvalue weighted by Gasteiger charge is -2.42. The van der Waals surface area contributed by atoms with E-state index in [0.29, 0.717) is 63.4 Å². The van der Waals surface area contributed by atoms with Crippen LogP contribution in [0.5, 0.6) is 0 Å². The molecule has 3 fully saturated rings. The smallest absolute Gasteiger partial charge is 0.329 e. The molecule has 1 amide bonds. The third kappa shape index (κ3) is 25.8. The first-order chi connectivity index (χ1) is 42.7. The number of rotatable bonds is 6. The van der Waals surface area contributed by atoms with Crippen molar-refractivity contribution in [3.63, 3.8) is 0 Å². The standard InChI is InChI=1S/C51H79NO13.C24H6/c1-30-16-12-11-13-17-31(2)42(61-8)28-38-21-19-36(7)51(60,65-38)48(57)49(58)52-23-15-14-18-39(52)50(59)64-43(33(4)26-37-20-22-40(53)44(27-37)62-9)29-41(54)32(3)25-35(6)46(56)47(63-10)45(55)34(5)24-30;1-3-5-7-9-11-13-15-17-19-21-23-24-22-20-18-16-14-12-10-8-6-4-2/h11-13,16-17,25,30,32-34,36-40,42-44,46-47,53,56,60H,14-15,18-24,26-29H2,1-10H3;1-2H3/b13-11?,16-12+,31-17?,35-25+;/t30-,32-,33-,34-,36-,37?,38+,39?,40-,42+,43+,44-,46-,47+,51-;/m1./s1. The molecule has 0 aromatic carbocycles. The van der Waals surface area contributed by atoms with Gasteiger partial charge in [0.05, 0.1) is 24.4 Å². The van der Waals surface area contributed by atoms with Gasteiger partial charge in [-0.2, -0.15) is 0 Å². The van der Waals surface area contributed by atoms with Gasteiger partial charge in [0.25, 0.3) is 11.7 Å². The minimum Gasteiger partial charge on any atom is -0.460 e. The summed E-state index contributed by atoms with van der Waals surface area (Å²) >= 11 is 0. The predicted octanol–water partition coefficient (Wildman–Crippen LogP) is 7.24. The maximum atomic E-state index is 14.4. The Kier molecular flexibility index (Phi) is 34.6. The number of methoxy groups -OCH3 is 3. The lowest BCUT2D eigenvalue weighted by molar-refractivity contribution is -0.265. The van der Waals surface area contributed by atoms with Gasteiger partial charge < -0.3 is 43.9 Å². The number of aliphatic hydroxyl groups excluding tert-OH is 2. The Labute approximate surface area is 529 Å². The van der Waals surface area contributed by atoms with E-state index in [0.717, 1.165) is 12.0 Å². The van der Waals surface area contributed by atoms with E-state index in [1.54, 1.807) is 54.9 Å². The third-order valence-corrected chi connectivity index (χ3v) is 15.9. The van der Waals surface area contributed by atoms with Crippen LogP contribution in [0, 0.1) is 166 Å². The van der Waals surface area contributed by atoms with Gasteiger partial charge in [-0.05, 0) is 216 Å². The number of cyclic esters (lactones) is 1. The highest BCUT2D eigenvalue weighted by atomic mass is 16.6. The van der Waals surface area contributed by atoms with Crippen molar-refractivity contribution >= 4 is 29.2 Å². The number of aliphatic hydroxyl groups is 3. The fourth-order valence-electron chi connectivity index (χ4n) is 10.8. The monoisotopic (exact) mass is 1210 g/mol. The summed E-state index contributed by atoms with van der Waals surface area (Å²) in [6.45, 7) is 16.1. The Morgan fingerprint density at radius 3 is 1.75 bits per heavy atom. The zero-order valence-electron chi connectivity index (χ0n) is 53.6. The number of hydrogen-bond donors (Lipinski definition) is 3. The predicted molar refractivity (Wildman–Crippen MR) is 342 cm³/mol. The van der Waals surface area contributed by atoms with Gasteiger partial charge in [0.15, 0.2) is 5.78 Å². The molecule has 2 unspecified atom stereocenters. The molecule has 4 aliphatic rings. The highest BCUT2D eigenvalue weighted by Crippen LogP contribution is 2.38. The summed E-state index contributed by atoms with van der Waals surface area (Å²) in [6.07, 6.45) is 11.2. The van der Waals surface area contributed by atoms with Crippen LogP contribution >= 0.6 is 0 Å². The van der Waals surface area contributed by atoms with Crippen molar-refractivity contribution in [3.05, 3.63) is 47.6 Å². The van der Waals surface area contributed by atoms with Crippen LogP contribution in [0.1, 0.15) is 139 Å². The third-order valence-electron chi connectivity index (χ3n) is 15.9. The highest BCUT2D eigenvalue weighted by Gasteiger charge is 2.53. The molecule has 89 heavy (non-hydrogen) atoms. The summed E-state index contributed by atoms with van der Waals surface area (Å²) in [5.74, 6) is 47.6. The van der Waals surface area contributed by atoms with Crippen molar-refractivity contribution in [2.45, 2.75) is 194 Å². The number of piperidine rings is 1. The van der Waals surface area contributed by atoms with Crippen LogP contribution in [0.3, 0.4) is 0 Å². The van der Waals surface area contributed by atoms with E-state index >= 15 is 0 Å². The molecule has 0 aromatic rings. The second kappa shape index (κ2) is 41.1. The van der Waals surface area contributed by atoms with Crippen LogP contribution in [-0.4, -0.2) is 132 Å². The number of nitrogens with zero attached hydrogens (tertiary/aromatic N) is 1. The molecule has 2 saturated heterocycles. The summed E-state index contributed by atoms with van der Waals surface area (Å²) in [5.41, 5.74) is 1.27. The van der Waals surface area contributed by atoms with Crippen LogP contribution in [0.15, 0.2) is 47.6 Å². The number of ketones is 3. The molecule has 3 N–H and O–H groups in total. The van der Waals surface area contributed by atoms with Crippen molar-refractivity contribution in [2.75, 3.05) is 27.9 Å². The minimum absolute atomic E-state index is 0.0193. The van der Waals surface area contributed by atoms with E-state index in [2.05, 4.69) is 130 Å². The van der Waals surface area contributed by atoms with Crippen LogP contribution in [0.25, 0.3) is 0 Å². The Balaban J connectivity index is 0.000000725. The molecule has 0 spiro atoms. The van der Waals surface area contributed by atoms with Crippen molar-refractivity contribution in [1.29, 1.82) is 0 Å². The van der Waals surface area contributed by atoms with Crippen LogP contribution in [0.4, 0.5) is 0 Å². The zero-order valence-corrected chi connectivity index (χ0v) is 53.6. The van der Waals surface area contributed by atoms with Gasteiger partial charge in [-0.15, -0.1) is 0 Å². The number of ether oxygens (including phenoxy) is 5. The topological polar surface area (TPSA) is 195 Å². The summed E-state index contributed by atoms with van der Waals surface area (Å²) in [7, 11) is 4.52. The highest BCUT2D eigenvalue weighted by molar-refractivity contribution is 6.39. The number of hydrogen-bond acceptors (Lipinski definition) is 13. The van der Waals surface area contributed by atoms with Crippen molar-refractivity contribution in [1.82, 2.24) is 4.90 Å². The fourth-order valence-corrected chi connectivity index (χ4v) is 10.8. The molecule has 2 bridgehead atoms. The first-order valence-electron chi connectivity index (χ1n) is 30.2. The average molecular weight is 1210 g/mol. The molecule has 1 saturated carbocycles. The van der Waals surface area contributed by atoms with Crippen LogP contribution in [-0.2, 0) is 47.7 Å². The van der Waals surface area contributed by atoms with Crippen molar-refractivity contribution < 1.29 is 63.0 Å². The number of allylic oxidation sites excluding steroid dienone is 6. The molecular formula is C75H85NO13. The van der Waals surface area contributed by atoms with Gasteiger partial charge in [0, 0.05) is 82.2 Å². The molecule has 4 rings (SSSR count). The SMILES string of the molecule is CC#CC#CC#CC#CC#CC#CC#CC#CC#CC#CC#CC.CO[C@H]1C[C@@H]2CC[C@@H](C)[C@@](O)(O2)C(=O)C(=O)N2CCCCC2C(=O)O[C@H]([C@H](C)CC2CC[C@@H](O)[C@H](OC)C2)CC(=O)[C@H](C)/C=C(\C)[C@@H](O)[C@@H](OC)C(=O)[C@H](C)C[C@H](C)/C=C/C=CC=C1C. The Hall–Kier alpha value is -8.21. The molecule has 3 heterocycles. The zero-order chi connectivity index (χ0) is 65.7. The fraction of sp³-hybridized carbons (Fsp3) is 0.533. The molecule has 14 nitrogen and oxygen atoms in total. The van der Waals surface area contributed by atoms with Gasteiger partial charge in [-0.3, -0.25) is 19.2 Å². The lowest BCUT2D eigenvalue weighted by atomic mass is 9.78. The number of Topliss-reactive ketones (excluding diaryl/α,β-unsaturated/α-hetero) is 3. The molecular weight excluding hydrogens is 1120 g/mol. The Morgan fingerprint density at radius 1 is 0.663 bits per heavy atom. The van der Waals surface area contributed by atoms with Gasteiger partial charge in [0.2, 0.25) is 5.79 Å². The number of fused-ring (bicyclic) bond motifs is 3. The Bertz CT molecular complexity index is 3270. The van der Waals surface area contributed by atoms with Gasteiger partial charge in [-0.1, -0.05) is 82.9 Å². The molecule has 0 aromatic heterocycles. The summed E-state index contributed by atoms with van der Waals surface area (Å²) in [4.78, 5) is 71.8. The number of esters is 1. The van der Waals surface area contributed by atoms with E-state index < -0.39 is 83.9 Å². The summed E-state index contributed by atoms with van der Waals surface area (Å²) < 4.78 is 29.4. The lowest BCUT2D eigenvalue weighted by Crippen LogP contribution is -2.61. The van der Waals surface area contributed by atoms with Crippen LogP contribution < -0.4 is 0 Å². The number of carbonyl (C=O) groups excluding carboxylic acids is 5. The number of amides is 1. The van der Waals surface area contributed by atoms with Crippen molar-refractivity contribution in [2.24, 2.45) is 35.5 Å². The molecule has 3 aliphatic heterocycles. The second-order valence-electron chi connectivity index (χ2n) is 22.6. The van der Waals surface area contributed by atoms with Gasteiger partial charge >= 0.3 is 5.97 Å². The summed E-state index contributed by atoms with van der Waals surface area (Å²) in [5, 5.41) is 33.8. The largest absolute Gasteiger partial charge is 0.460 e. The maximum Gasteiger partial charge on any atom is 0.329 e. The van der Waals surface area contributed by atoms with E-state index in [1.165, 1.54) is 12.0 Å². The van der Waals surface area contributed by atoms with E-state index in [-0.39, 0.29) is 54.8 Å². The first kappa shape index (κ1) is 75.0. The second-order valence-corrected chi connectivity index (χ2v) is 22.6. The Morgan fingerprint density at radius 2 is 1.22 bits per heavy atom. The molecule has 15 atom stereocenters. The molecule has 468 valence electrons. The van der Waals surface area contributed by atoms with Gasteiger partial charge in [0.1, 0.15) is 30.1 Å². The normalized spacial score (nSPS) is 29.6. The van der Waals surface area contributed by atoms with E-state index in [4.69, 9.17) is 23.7 Å². The summed E-state index contributed by atoms with van der Waals surface area (Å²) in [6, 6.07) is -1.14. The molecule has 0 radical (unpaired) electrons. The van der Waals surface area contributed by atoms with Gasteiger partial charge in [-0.25, -0.2) is 4.79 Å². The number of carbonyl (C=O) groups is 5. The van der Waals surface area contributed by atoms with E-state index in [9.17, 15) is 39.3 Å². The quantitative estimate of drug-likeness (QED) is 0.104. The molecule has 1 aliphatic carbocycles. The van der Waals surface area contributed by atoms with Crippen LogP contribution in [0.2, 0.25) is 0 Å². The van der Waals surface area contributed by atoms with Crippen molar-refractivity contribution in [3.8, 4) is 130 Å². The first-order valence-corrected chi connectivity index (χ1v) is 30.2. The average Bonchev–Trinajstić information content (AvgIpc) is 1.03. The molecule has 14 heteroatoms. The maximum absolute atomic E-state index is 14.4. The minimum atomic E-state index is -2.43.